The minimum atomic E-state index is 0.459. The first kappa shape index (κ1) is 12.0. The lowest BCUT2D eigenvalue weighted by atomic mass is 9.61. The van der Waals surface area contributed by atoms with Gasteiger partial charge in [0.2, 0.25) is 0 Å². The number of hydrogen-bond donors (Lipinski definition) is 0. The molecular weight excluding hydrogens is 192 g/mol. The normalized spacial score (nSPS) is 35.5. The summed E-state index contributed by atoms with van der Waals surface area (Å²) in [4.78, 5) is 0. The topological polar surface area (TPSA) is 0 Å². The van der Waals surface area contributed by atoms with Gasteiger partial charge in [0.1, 0.15) is 0 Å². The Labute approximate surface area is 101 Å². The van der Waals surface area contributed by atoms with Crippen LogP contribution in [0.3, 0.4) is 0 Å². The van der Waals surface area contributed by atoms with E-state index in [2.05, 4.69) is 38.2 Å². The van der Waals surface area contributed by atoms with Crippen LogP contribution in [0, 0.1) is 17.3 Å². The molecule has 0 saturated heterocycles. The van der Waals surface area contributed by atoms with E-state index in [-0.39, 0.29) is 0 Å². The van der Waals surface area contributed by atoms with Crippen molar-refractivity contribution in [2.75, 3.05) is 0 Å². The first-order chi connectivity index (χ1) is 7.82. The smallest absolute Gasteiger partial charge is 0.00525 e. The van der Waals surface area contributed by atoms with Crippen LogP contribution in [0.2, 0.25) is 0 Å². The molecule has 0 aromatic carbocycles. The van der Waals surface area contributed by atoms with E-state index in [1.807, 2.05) is 0 Å². The zero-order chi connectivity index (χ0) is 11.4. The Balaban J connectivity index is 2.24. The van der Waals surface area contributed by atoms with E-state index in [0.717, 1.165) is 5.92 Å². The molecule has 0 spiro atoms. The van der Waals surface area contributed by atoms with E-state index in [0.29, 0.717) is 5.41 Å². The highest BCUT2D eigenvalue weighted by Gasteiger charge is 2.38. The highest BCUT2D eigenvalue weighted by molar-refractivity contribution is 5.21. The third kappa shape index (κ3) is 2.12. The molecule has 2 atom stereocenters. The van der Waals surface area contributed by atoms with Gasteiger partial charge in [-0.2, -0.15) is 0 Å². The second kappa shape index (κ2) is 5.21. The molecule has 0 amide bonds. The van der Waals surface area contributed by atoms with Crippen LogP contribution in [0.4, 0.5) is 0 Å². The molecule has 16 heavy (non-hydrogen) atoms. The van der Waals surface area contributed by atoms with Gasteiger partial charge < -0.3 is 0 Å². The molecule has 0 aromatic heterocycles. The monoisotopic (exact) mass is 217 g/mol. The van der Waals surface area contributed by atoms with E-state index >= 15 is 0 Å². The number of hydrogen-bond acceptors (Lipinski definition) is 0. The molecule has 0 saturated carbocycles. The van der Waals surface area contributed by atoms with Crippen molar-refractivity contribution in [1.29, 1.82) is 0 Å². The Bertz CT molecular complexity index is 274. The molecule has 0 fully saturated rings. The predicted octanol–water partition coefficient (Wildman–Crippen LogP) is 5.07. The van der Waals surface area contributed by atoms with Crippen LogP contribution in [0.5, 0.6) is 0 Å². The van der Waals surface area contributed by atoms with Crippen LogP contribution < -0.4 is 0 Å². The van der Waals surface area contributed by atoms with Gasteiger partial charge in [-0.05, 0) is 62.2 Å². The van der Waals surface area contributed by atoms with Gasteiger partial charge in [0.15, 0.2) is 0 Å². The van der Waals surface area contributed by atoms with Gasteiger partial charge in [-0.1, -0.05) is 38.2 Å². The van der Waals surface area contributed by atoms with E-state index in [1.54, 1.807) is 5.92 Å². The average molecular weight is 217 g/mol. The first-order valence-electron chi connectivity index (χ1n) is 7.01. The van der Waals surface area contributed by atoms with Gasteiger partial charge in [-0.15, -0.1) is 0 Å². The van der Waals surface area contributed by atoms with Crippen molar-refractivity contribution in [3.05, 3.63) is 30.2 Å². The summed E-state index contributed by atoms with van der Waals surface area (Å²) in [7, 11) is 0. The molecule has 89 valence electrons. The van der Waals surface area contributed by atoms with Crippen molar-refractivity contribution in [2.45, 2.75) is 58.8 Å². The van der Waals surface area contributed by atoms with Gasteiger partial charge in [0.05, 0.1) is 0 Å². The van der Waals surface area contributed by atoms with Crippen molar-refractivity contribution in [3.63, 3.8) is 0 Å². The van der Waals surface area contributed by atoms with Gasteiger partial charge in [0, 0.05) is 0 Å². The molecule has 0 heteroatoms. The summed E-state index contributed by atoms with van der Waals surface area (Å²) < 4.78 is 0. The first-order valence-corrected chi connectivity index (χ1v) is 7.01. The quantitative estimate of drug-likeness (QED) is 0.579. The van der Waals surface area contributed by atoms with Crippen LogP contribution in [0.25, 0.3) is 0 Å². The SMILES string of the molecule is CC[C]1CCC=CC1C1(CC)C=CCCC1. The number of allylic oxidation sites excluding steroid dienone is 4. The summed E-state index contributed by atoms with van der Waals surface area (Å²) >= 11 is 0. The lowest BCUT2D eigenvalue weighted by molar-refractivity contribution is 0.223. The molecule has 0 bridgehead atoms. The lowest BCUT2D eigenvalue weighted by Gasteiger charge is -2.43. The maximum Gasteiger partial charge on any atom is -0.00525 e. The summed E-state index contributed by atoms with van der Waals surface area (Å²) in [5, 5.41) is 0. The standard InChI is InChI=1S/C16H25/c1-3-14-10-6-7-11-15(14)16(4-2)12-8-5-9-13-16/h7-8,11-12,15H,3-6,9-10,13H2,1-2H3. The Kier molecular flexibility index (Phi) is 3.89. The van der Waals surface area contributed by atoms with Crippen LogP contribution in [-0.4, -0.2) is 0 Å². The molecular formula is C16H25. The molecule has 2 unspecified atom stereocenters. The second-order valence-electron chi connectivity index (χ2n) is 5.34. The Morgan fingerprint density at radius 3 is 2.75 bits per heavy atom. The Morgan fingerprint density at radius 2 is 2.12 bits per heavy atom. The maximum absolute atomic E-state index is 2.53. The van der Waals surface area contributed by atoms with Crippen molar-refractivity contribution in [2.24, 2.45) is 11.3 Å². The summed E-state index contributed by atoms with van der Waals surface area (Å²) in [5.41, 5.74) is 0.459. The fourth-order valence-electron chi connectivity index (χ4n) is 3.51. The van der Waals surface area contributed by atoms with Gasteiger partial charge in [-0.3, -0.25) is 0 Å². The lowest BCUT2D eigenvalue weighted by Crippen LogP contribution is -2.33. The van der Waals surface area contributed by atoms with E-state index in [1.165, 1.54) is 44.9 Å². The zero-order valence-corrected chi connectivity index (χ0v) is 10.8. The van der Waals surface area contributed by atoms with Gasteiger partial charge in [-0.25, -0.2) is 0 Å². The summed E-state index contributed by atoms with van der Waals surface area (Å²) in [5.74, 6) is 2.52. The highest BCUT2D eigenvalue weighted by Crippen LogP contribution is 2.49. The third-order valence-corrected chi connectivity index (χ3v) is 4.60. The molecule has 0 nitrogen and oxygen atoms in total. The summed E-state index contributed by atoms with van der Waals surface area (Å²) in [6, 6.07) is 0. The summed E-state index contributed by atoms with van der Waals surface area (Å²) in [6.07, 6.45) is 19.1. The zero-order valence-electron chi connectivity index (χ0n) is 10.8. The molecule has 0 N–H and O–H groups in total. The molecule has 0 aromatic rings. The van der Waals surface area contributed by atoms with E-state index in [4.69, 9.17) is 0 Å². The molecule has 0 aliphatic heterocycles. The minimum absolute atomic E-state index is 0.459. The highest BCUT2D eigenvalue weighted by atomic mass is 14.4. The van der Waals surface area contributed by atoms with Crippen LogP contribution in [0.1, 0.15) is 58.8 Å². The molecule has 2 aliphatic rings. The van der Waals surface area contributed by atoms with Crippen molar-refractivity contribution >= 4 is 0 Å². The largest absolute Gasteiger partial charge is 0.0882 e. The number of rotatable bonds is 3. The minimum Gasteiger partial charge on any atom is -0.0882 e. The van der Waals surface area contributed by atoms with Gasteiger partial charge in [0.25, 0.3) is 0 Å². The van der Waals surface area contributed by atoms with E-state index in [9.17, 15) is 0 Å². The second-order valence-corrected chi connectivity index (χ2v) is 5.34. The summed E-state index contributed by atoms with van der Waals surface area (Å²) in [6.45, 7) is 4.70. The van der Waals surface area contributed by atoms with Gasteiger partial charge >= 0.3 is 0 Å². The fourth-order valence-corrected chi connectivity index (χ4v) is 3.51. The van der Waals surface area contributed by atoms with E-state index < -0.39 is 0 Å². The van der Waals surface area contributed by atoms with Crippen LogP contribution in [0.15, 0.2) is 24.3 Å². The molecule has 2 rings (SSSR count). The van der Waals surface area contributed by atoms with Crippen molar-refractivity contribution < 1.29 is 0 Å². The molecule has 0 heterocycles. The van der Waals surface area contributed by atoms with Crippen LogP contribution >= 0.6 is 0 Å². The Hall–Kier alpha value is -0.520. The third-order valence-electron chi connectivity index (χ3n) is 4.60. The molecule has 2 aliphatic carbocycles. The predicted molar refractivity (Wildman–Crippen MR) is 71.1 cm³/mol. The van der Waals surface area contributed by atoms with Crippen molar-refractivity contribution in [3.8, 4) is 0 Å². The van der Waals surface area contributed by atoms with Crippen LogP contribution in [-0.2, 0) is 0 Å². The maximum atomic E-state index is 2.53. The average Bonchev–Trinajstić information content (AvgIpc) is 2.39. The Morgan fingerprint density at radius 1 is 1.25 bits per heavy atom. The van der Waals surface area contributed by atoms with Crippen molar-refractivity contribution in [1.82, 2.24) is 0 Å². The molecule has 1 radical (unpaired) electrons. The fraction of sp³-hybridized carbons (Fsp3) is 0.688.